The van der Waals surface area contributed by atoms with Crippen molar-refractivity contribution in [1.82, 2.24) is 9.21 Å². The summed E-state index contributed by atoms with van der Waals surface area (Å²) in [6, 6.07) is 0.438. The molecular weight excluding hydrogens is 240 g/mol. The van der Waals surface area contributed by atoms with Crippen LogP contribution in [0.15, 0.2) is 0 Å². The number of piperazine rings is 1. The van der Waals surface area contributed by atoms with Gasteiger partial charge in [0.25, 0.3) is 0 Å². The van der Waals surface area contributed by atoms with Crippen LogP contribution in [-0.2, 0) is 14.8 Å². The van der Waals surface area contributed by atoms with Gasteiger partial charge in [-0.1, -0.05) is 0 Å². The summed E-state index contributed by atoms with van der Waals surface area (Å²) in [5, 5.41) is -0.444. The number of hydrogen-bond acceptors (Lipinski definition) is 4. The molecule has 0 saturated carbocycles. The molecule has 0 unspecified atom stereocenters. The van der Waals surface area contributed by atoms with Gasteiger partial charge in [0.15, 0.2) is 0 Å². The van der Waals surface area contributed by atoms with Gasteiger partial charge in [0.2, 0.25) is 10.0 Å². The summed E-state index contributed by atoms with van der Waals surface area (Å²) in [4.78, 5) is 2.41. The van der Waals surface area contributed by atoms with Crippen LogP contribution < -0.4 is 0 Å². The number of rotatable bonds is 4. The standard InChI is InChI=1S/C11H22N2O3S/c1-10(9-16-2)17(14,15)13-7-6-12-5-3-4-11(12)8-13/h10-11H,3-9H2,1-2H3/t10-,11+/m1/s1. The molecule has 17 heavy (non-hydrogen) atoms. The van der Waals surface area contributed by atoms with E-state index in [-0.39, 0.29) is 6.61 Å². The highest BCUT2D eigenvalue weighted by Crippen LogP contribution is 2.24. The fourth-order valence-corrected chi connectivity index (χ4v) is 4.30. The van der Waals surface area contributed by atoms with Crippen LogP contribution in [0.2, 0.25) is 0 Å². The molecule has 5 nitrogen and oxygen atoms in total. The Morgan fingerprint density at radius 2 is 2.12 bits per heavy atom. The molecule has 0 spiro atoms. The molecule has 2 aliphatic heterocycles. The van der Waals surface area contributed by atoms with E-state index in [1.54, 1.807) is 18.3 Å². The molecule has 100 valence electrons. The zero-order valence-electron chi connectivity index (χ0n) is 10.6. The van der Waals surface area contributed by atoms with Crippen molar-refractivity contribution in [2.24, 2.45) is 0 Å². The molecular formula is C11H22N2O3S. The lowest BCUT2D eigenvalue weighted by molar-refractivity contribution is 0.153. The maximum absolute atomic E-state index is 12.3. The Labute approximate surface area is 104 Å². The smallest absolute Gasteiger partial charge is 0.219 e. The van der Waals surface area contributed by atoms with Crippen LogP contribution in [-0.4, -0.2) is 68.8 Å². The van der Waals surface area contributed by atoms with Gasteiger partial charge in [0, 0.05) is 32.8 Å². The summed E-state index contributed by atoms with van der Waals surface area (Å²) in [6.07, 6.45) is 2.33. The second-order valence-electron chi connectivity index (χ2n) is 5.00. The Morgan fingerprint density at radius 3 is 2.82 bits per heavy atom. The van der Waals surface area contributed by atoms with Gasteiger partial charge >= 0.3 is 0 Å². The largest absolute Gasteiger partial charge is 0.383 e. The minimum absolute atomic E-state index is 0.271. The highest BCUT2D eigenvalue weighted by Gasteiger charge is 2.37. The van der Waals surface area contributed by atoms with Gasteiger partial charge in [0.05, 0.1) is 11.9 Å². The number of sulfonamides is 1. The molecule has 2 saturated heterocycles. The van der Waals surface area contributed by atoms with Gasteiger partial charge in [-0.3, -0.25) is 4.90 Å². The van der Waals surface area contributed by atoms with Crippen LogP contribution >= 0.6 is 0 Å². The zero-order chi connectivity index (χ0) is 12.5. The van der Waals surface area contributed by atoms with Gasteiger partial charge in [-0.15, -0.1) is 0 Å². The molecule has 6 heteroatoms. The molecule has 0 N–H and O–H groups in total. The Hall–Kier alpha value is -0.170. The quantitative estimate of drug-likeness (QED) is 0.723. The van der Waals surface area contributed by atoms with Crippen molar-refractivity contribution in [3.05, 3.63) is 0 Å². The van der Waals surface area contributed by atoms with Crippen molar-refractivity contribution in [2.45, 2.75) is 31.1 Å². The number of methoxy groups -OCH3 is 1. The van der Waals surface area contributed by atoms with Crippen LogP contribution in [0.5, 0.6) is 0 Å². The first-order valence-electron chi connectivity index (χ1n) is 6.27. The molecule has 0 aromatic heterocycles. The van der Waals surface area contributed by atoms with Crippen molar-refractivity contribution in [3.63, 3.8) is 0 Å². The molecule has 2 heterocycles. The van der Waals surface area contributed by atoms with Crippen LogP contribution in [0.3, 0.4) is 0 Å². The molecule has 0 amide bonds. The van der Waals surface area contributed by atoms with E-state index in [1.807, 2.05) is 0 Å². The summed E-state index contributed by atoms with van der Waals surface area (Å²) in [5.74, 6) is 0. The van der Waals surface area contributed by atoms with E-state index in [0.717, 1.165) is 19.5 Å². The second kappa shape index (κ2) is 5.22. The molecule has 0 aromatic rings. The van der Waals surface area contributed by atoms with Crippen LogP contribution in [0.4, 0.5) is 0 Å². The first-order chi connectivity index (χ1) is 8.05. The summed E-state index contributed by atoms with van der Waals surface area (Å²) in [5.41, 5.74) is 0. The SMILES string of the molecule is COC[C@@H](C)S(=O)(=O)N1CCN2CCC[C@H]2C1. The van der Waals surface area contributed by atoms with Gasteiger partial charge in [-0.2, -0.15) is 4.31 Å². The van der Waals surface area contributed by atoms with Crippen molar-refractivity contribution in [3.8, 4) is 0 Å². The first-order valence-corrected chi connectivity index (χ1v) is 7.78. The Balaban J connectivity index is 2.02. The van der Waals surface area contributed by atoms with E-state index in [1.165, 1.54) is 6.42 Å². The molecule has 0 aliphatic carbocycles. The van der Waals surface area contributed by atoms with Gasteiger partial charge in [-0.05, 0) is 26.3 Å². The number of fused-ring (bicyclic) bond motifs is 1. The van der Waals surface area contributed by atoms with Gasteiger partial charge in [-0.25, -0.2) is 8.42 Å². The Morgan fingerprint density at radius 1 is 1.35 bits per heavy atom. The van der Waals surface area contributed by atoms with Gasteiger partial charge in [0.1, 0.15) is 0 Å². The van der Waals surface area contributed by atoms with E-state index in [9.17, 15) is 8.42 Å². The maximum atomic E-state index is 12.3. The zero-order valence-corrected chi connectivity index (χ0v) is 11.4. The van der Waals surface area contributed by atoms with E-state index < -0.39 is 15.3 Å². The molecule has 0 aromatic carbocycles. The summed E-state index contributed by atoms with van der Waals surface area (Å²) < 4.78 is 31.2. The molecule has 0 bridgehead atoms. The van der Waals surface area contributed by atoms with Crippen LogP contribution in [0.25, 0.3) is 0 Å². The molecule has 0 radical (unpaired) electrons. The summed E-state index contributed by atoms with van der Waals surface area (Å²) in [7, 11) is -1.64. The van der Waals surface area contributed by atoms with Crippen molar-refractivity contribution in [2.75, 3.05) is 39.9 Å². The molecule has 2 atom stereocenters. The molecule has 2 rings (SSSR count). The van der Waals surface area contributed by atoms with E-state index in [4.69, 9.17) is 4.74 Å². The fourth-order valence-electron chi connectivity index (χ4n) is 2.77. The minimum Gasteiger partial charge on any atom is -0.383 e. The third-order valence-corrected chi connectivity index (χ3v) is 6.02. The topological polar surface area (TPSA) is 49.9 Å². The Bertz CT molecular complexity index is 358. The van der Waals surface area contributed by atoms with E-state index in [0.29, 0.717) is 19.1 Å². The van der Waals surface area contributed by atoms with Crippen LogP contribution in [0, 0.1) is 0 Å². The third-order valence-electron chi connectivity index (χ3n) is 3.82. The predicted molar refractivity (Wildman–Crippen MR) is 66.4 cm³/mol. The van der Waals surface area contributed by atoms with Crippen molar-refractivity contribution < 1.29 is 13.2 Å². The van der Waals surface area contributed by atoms with Crippen molar-refractivity contribution >= 4 is 10.0 Å². The monoisotopic (exact) mass is 262 g/mol. The number of hydrogen-bond donors (Lipinski definition) is 0. The highest BCUT2D eigenvalue weighted by molar-refractivity contribution is 7.89. The summed E-state index contributed by atoms with van der Waals surface area (Å²) in [6.45, 7) is 5.30. The lowest BCUT2D eigenvalue weighted by Crippen LogP contribution is -2.54. The maximum Gasteiger partial charge on any atom is 0.219 e. The number of ether oxygens (including phenoxy) is 1. The average molecular weight is 262 g/mol. The number of nitrogens with zero attached hydrogens (tertiary/aromatic N) is 2. The lowest BCUT2D eigenvalue weighted by Gasteiger charge is -2.37. The minimum atomic E-state index is -3.18. The first kappa shape index (κ1) is 13.3. The van der Waals surface area contributed by atoms with E-state index in [2.05, 4.69) is 4.90 Å². The van der Waals surface area contributed by atoms with Crippen LogP contribution in [0.1, 0.15) is 19.8 Å². The van der Waals surface area contributed by atoms with Crippen molar-refractivity contribution in [1.29, 1.82) is 0 Å². The normalized spacial score (nSPS) is 29.2. The molecule has 2 aliphatic rings. The lowest BCUT2D eigenvalue weighted by atomic mass is 10.2. The second-order valence-corrected chi connectivity index (χ2v) is 7.35. The van der Waals surface area contributed by atoms with Gasteiger partial charge < -0.3 is 4.74 Å². The predicted octanol–water partition coefficient (Wildman–Crippen LogP) is 0.131. The fraction of sp³-hybridized carbons (Fsp3) is 1.00. The third kappa shape index (κ3) is 2.65. The molecule has 2 fully saturated rings. The Kier molecular flexibility index (Phi) is 4.07. The highest BCUT2D eigenvalue weighted by atomic mass is 32.2. The average Bonchev–Trinajstić information content (AvgIpc) is 2.76. The summed E-state index contributed by atoms with van der Waals surface area (Å²) >= 11 is 0. The van der Waals surface area contributed by atoms with E-state index >= 15 is 0 Å².